The molecule has 3 atom stereocenters. The Labute approximate surface area is 108 Å². The van der Waals surface area contributed by atoms with Crippen LogP contribution < -0.4 is 0 Å². The standard InChI is InChI=1S/C15H32O2/c1-6-11-17-15(5)14(4)13(3)10-8-9-12-16-7-2/h13-15H,6-12H2,1-5H3. The summed E-state index contributed by atoms with van der Waals surface area (Å²) < 4.78 is 11.1. The second kappa shape index (κ2) is 11.0. The summed E-state index contributed by atoms with van der Waals surface area (Å²) in [6, 6.07) is 0. The van der Waals surface area contributed by atoms with Crippen molar-refractivity contribution >= 4 is 0 Å². The first kappa shape index (κ1) is 16.9. The molecule has 2 nitrogen and oxygen atoms in total. The summed E-state index contributed by atoms with van der Waals surface area (Å²) in [7, 11) is 0. The second-order valence-corrected chi connectivity index (χ2v) is 5.11. The van der Waals surface area contributed by atoms with Crippen molar-refractivity contribution in [2.75, 3.05) is 19.8 Å². The van der Waals surface area contributed by atoms with Crippen LogP contribution in [0.25, 0.3) is 0 Å². The van der Waals surface area contributed by atoms with Gasteiger partial charge in [0.15, 0.2) is 0 Å². The predicted molar refractivity (Wildman–Crippen MR) is 74.4 cm³/mol. The lowest BCUT2D eigenvalue weighted by Gasteiger charge is -2.26. The van der Waals surface area contributed by atoms with Crippen LogP contribution in [0.15, 0.2) is 0 Å². The van der Waals surface area contributed by atoms with E-state index in [4.69, 9.17) is 9.47 Å². The Morgan fingerprint density at radius 3 is 2.24 bits per heavy atom. The van der Waals surface area contributed by atoms with Crippen LogP contribution in [0, 0.1) is 11.8 Å². The van der Waals surface area contributed by atoms with Crippen LogP contribution in [0.5, 0.6) is 0 Å². The third-order valence-electron chi connectivity index (χ3n) is 3.63. The Balaban J connectivity index is 3.61. The van der Waals surface area contributed by atoms with Crippen LogP contribution in [0.3, 0.4) is 0 Å². The summed E-state index contributed by atoms with van der Waals surface area (Å²) in [5, 5.41) is 0. The highest BCUT2D eigenvalue weighted by Crippen LogP contribution is 2.22. The molecule has 0 spiro atoms. The maximum absolute atomic E-state index is 5.79. The van der Waals surface area contributed by atoms with E-state index in [0.717, 1.165) is 32.2 Å². The van der Waals surface area contributed by atoms with Gasteiger partial charge in [-0.05, 0) is 38.5 Å². The minimum absolute atomic E-state index is 0.386. The van der Waals surface area contributed by atoms with E-state index < -0.39 is 0 Å². The third-order valence-corrected chi connectivity index (χ3v) is 3.63. The number of unbranched alkanes of at least 4 members (excludes halogenated alkanes) is 1. The second-order valence-electron chi connectivity index (χ2n) is 5.11. The average molecular weight is 244 g/mol. The van der Waals surface area contributed by atoms with Gasteiger partial charge in [-0.2, -0.15) is 0 Å². The molecule has 0 aliphatic heterocycles. The van der Waals surface area contributed by atoms with Crippen molar-refractivity contribution in [3.8, 4) is 0 Å². The van der Waals surface area contributed by atoms with Crippen LogP contribution in [0.2, 0.25) is 0 Å². The summed E-state index contributed by atoms with van der Waals surface area (Å²) in [6.45, 7) is 13.7. The zero-order valence-corrected chi connectivity index (χ0v) is 12.5. The van der Waals surface area contributed by atoms with E-state index >= 15 is 0 Å². The molecule has 0 aromatic rings. The molecule has 0 rings (SSSR count). The summed E-state index contributed by atoms with van der Waals surface area (Å²) in [6.07, 6.45) is 5.24. The van der Waals surface area contributed by atoms with Gasteiger partial charge in [0.25, 0.3) is 0 Å². The zero-order chi connectivity index (χ0) is 13.1. The molecule has 0 saturated carbocycles. The minimum atomic E-state index is 0.386. The fourth-order valence-electron chi connectivity index (χ4n) is 2.00. The Bertz CT molecular complexity index is 159. The SMILES string of the molecule is CCCOC(C)C(C)C(C)CCCCOCC. The molecule has 0 heterocycles. The van der Waals surface area contributed by atoms with Gasteiger partial charge in [-0.25, -0.2) is 0 Å². The van der Waals surface area contributed by atoms with Gasteiger partial charge < -0.3 is 9.47 Å². The van der Waals surface area contributed by atoms with Crippen molar-refractivity contribution in [3.05, 3.63) is 0 Å². The van der Waals surface area contributed by atoms with E-state index in [1.807, 2.05) is 0 Å². The van der Waals surface area contributed by atoms with Gasteiger partial charge in [0.05, 0.1) is 6.10 Å². The number of hydrogen-bond donors (Lipinski definition) is 0. The van der Waals surface area contributed by atoms with Gasteiger partial charge in [-0.1, -0.05) is 33.6 Å². The highest BCUT2D eigenvalue weighted by molar-refractivity contribution is 4.68. The molecule has 17 heavy (non-hydrogen) atoms. The lowest BCUT2D eigenvalue weighted by Crippen LogP contribution is -2.24. The Morgan fingerprint density at radius 1 is 0.941 bits per heavy atom. The van der Waals surface area contributed by atoms with Crippen molar-refractivity contribution in [1.82, 2.24) is 0 Å². The molecule has 0 aliphatic carbocycles. The molecule has 2 heteroatoms. The van der Waals surface area contributed by atoms with Gasteiger partial charge in [0.1, 0.15) is 0 Å². The molecule has 3 unspecified atom stereocenters. The van der Waals surface area contributed by atoms with Crippen LogP contribution >= 0.6 is 0 Å². The van der Waals surface area contributed by atoms with Crippen molar-refractivity contribution in [1.29, 1.82) is 0 Å². The van der Waals surface area contributed by atoms with Crippen LogP contribution in [-0.4, -0.2) is 25.9 Å². The third kappa shape index (κ3) is 8.62. The average Bonchev–Trinajstić information content (AvgIpc) is 2.34. The first-order chi connectivity index (χ1) is 8.13. The van der Waals surface area contributed by atoms with Gasteiger partial charge in [0, 0.05) is 19.8 Å². The Morgan fingerprint density at radius 2 is 1.65 bits per heavy atom. The Hall–Kier alpha value is -0.0800. The monoisotopic (exact) mass is 244 g/mol. The van der Waals surface area contributed by atoms with Gasteiger partial charge in [-0.3, -0.25) is 0 Å². The zero-order valence-electron chi connectivity index (χ0n) is 12.5. The van der Waals surface area contributed by atoms with E-state index in [0.29, 0.717) is 12.0 Å². The number of hydrogen-bond acceptors (Lipinski definition) is 2. The lowest BCUT2D eigenvalue weighted by molar-refractivity contribution is 0.0122. The first-order valence-corrected chi connectivity index (χ1v) is 7.32. The van der Waals surface area contributed by atoms with Crippen LogP contribution in [-0.2, 0) is 9.47 Å². The normalized spacial score (nSPS) is 16.8. The van der Waals surface area contributed by atoms with Crippen molar-refractivity contribution in [2.24, 2.45) is 11.8 Å². The van der Waals surface area contributed by atoms with E-state index in [1.165, 1.54) is 19.3 Å². The molecule has 0 amide bonds. The molecule has 0 fully saturated rings. The molecule has 0 aromatic heterocycles. The summed E-state index contributed by atoms with van der Waals surface area (Å²) in [4.78, 5) is 0. The summed E-state index contributed by atoms with van der Waals surface area (Å²) in [5.74, 6) is 1.39. The lowest BCUT2D eigenvalue weighted by atomic mass is 9.87. The maximum Gasteiger partial charge on any atom is 0.0575 e. The fraction of sp³-hybridized carbons (Fsp3) is 1.00. The fourth-order valence-corrected chi connectivity index (χ4v) is 2.00. The topological polar surface area (TPSA) is 18.5 Å². The molecule has 0 aromatic carbocycles. The van der Waals surface area contributed by atoms with Crippen molar-refractivity contribution in [2.45, 2.75) is 66.4 Å². The molecule has 0 saturated heterocycles. The van der Waals surface area contributed by atoms with Crippen LogP contribution in [0.1, 0.15) is 60.3 Å². The quantitative estimate of drug-likeness (QED) is 0.505. The van der Waals surface area contributed by atoms with E-state index in [2.05, 4.69) is 34.6 Å². The van der Waals surface area contributed by atoms with Gasteiger partial charge in [0.2, 0.25) is 0 Å². The minimum Gasteiger partial charge on any atom is -0.382 e. The maximum atomic E-state index is 5.79. The van der Waals surface area contributed by atoms with E-state index in [1.54, 1.807) is 0 Å². The highest BCUT2D eigenvalue weighted by atomic mass is 16.5. The molecule has 0 radical (unpaired) electrons. The molecular weight excluding hydrogens is 212 g/mol. The molecule has 0 aliphatic rings. The van der Waals surface area contributed by atoms with Gasteiger partial charge >= 0.3 is 0 Å². The molecule has 104 valence electrons. The van der Waals surface area contributed by atoms with Crippen molar-refractivity contribution < 1.29 is 9.47 Å². The van der Waals surface area contributed by atoms with Crippen LogP contribution in [0.4, 0.5) is 0 Å². The molecule has 0 bridgehead atoms. The van der Waals surface area contributed by atoms with Gasteiger partial charge in [-0.15, -0.1) is 0 Å². The number of ether oxygens (including phenoxy) is 2. The molecule has 0 N–H and O–H groups in total. The molecular formula is C15H32O2. The largest absolute Gasteiger partial charge is 0.382 e. The first-order valence-electron chi connectivity index (χ1n) is 7.32. The van der Waals surface area contributed by atoms with E-state index in [9.17, 15) is 0 Å². The summed E-state index contributed by atoms with van der Waals surface area (Å²) >= 11 is 0. The smallest absolute Gasteiger partial charge is 0.0575 e. The number of rotatable bonds is 11. The van der Waals surface area contributed by atoms with E-state index in [-0.39, 0.29) is 0 Å². The summed E-state index contributed by atoms with van der Waals surface area (Å²) in [5.41, 5.74) is 0. The van der Waals surface area contributed by atoms with Crippen molar-refractivity contribution in [3.63, 3.8) is 0 Å². The highest BCUT2D eigenvalue weighted by Gasteiger charge is 2.18. The Kier molecular flexibility index (Phi) is 11.0. The predicted octanol–water partition coefficient (Wildman–Crippen LogP) is 4.28.